The van der Waals surface area contributed by atoms with Crippen molar-refractivity contribution in [1.29, 1.82) is 0 Å². The topological polar surface area (TPSA) is 71.6 Å². The molecule has 25 heavy (non-hydrogen) atoms. The maximum atomic E-state index is 11.6. The predicted octanol–water partition coefficient (Wildman–Crippen LogP) is 3.89. The number of aliphatic carboxylic acids is 1. The van der Waals surface area contributed by atoms with Crippen molar-refractivity contribution in [2.45, 2.75) is 18.6 Å². The molecule has 3 aromatic rings. The van der Waals surface area contributed by atoms with Crippen LogP contribution in [0.1, 0.15) is 12.0 Å². The lowest BCUT2D eigenvalue weighted by Crippen LogP contribution is -2.46. The SMILES string of the molecule is O=C(O)CC(Cc1ccccc1)(Oc1ccccc1)Oc1ccc[nH]1. The highest BCUT2D eigenvalue weighted by atomic mass is 16.7. The third-order valence-corrected chi connectivity index (χ3v) is 3.65. The summed E-state index contributed by atoms with van der Waals surface area (Å²) in [5.74, 6) is -1.38. The van der Waals surface area contributed by atoms with Gasteiger partial charge >= 0.3 is 5.97 Å². The van der Waals surface area contributed by atoms with E-state index in [0.29, 0.717) is 11.6 Å². The molecule has 3 rings (SSSR count). The molecule has 0 amide bonds. The Balaban J connectivity index is 1.96. The number of aromatic amines is 1. The zero-order valence-electron chi connectivity index (χ0n) is 13.6. The number of carboxylic acids is 1. The van der Waals surface area contributed by atoms with Crippen LogP contribution >= 0.6 is 0 Å². The molecule has 0 aliphatic rings. The second-order valence-electron chi connectivity index (χ2n) is 5.70. The Kier molecular flexibility index (Phi) is 5.04. The van der Waals surface area contributed by atoms with Gasteiger partial charge in [0.25, 0.3) is 5.79 Å². The second-order valence-corrected chi connectivity index (χ2v) is 5.70. The van der Waals surface area contributed by atoms with E-state index < -0.39 is 11.8 Å². The van der Waals surface area contributed by atoms with E-state index in [2.05, 4.69) is 4.98 Å². The van der Waals surface area contributed by atoms with Gasteiger partial charge in [-0.25, -0.2) is 0 Å². The van der Waals surface area contributed by atoms with Crippen LogP contribution in [0.3, 0.4) is 0 Å². The molecule has 0 spiro atoms. The first-order valence-corrected chi connectivity index (χ1v) is 7.97. The molecule has 1 heterocycles. The van der Waals surface area contributed by atoms with E-state index in [4.69, 9.17) is 9.47 Å². The summed E-state index contributed by atoms with van der Waals surface area (Å²) in [7, 11) is 0. The van der Waals surface area contributed by atoms with E-state index >= 15 is 0 Å². The molecule has 1 aromatic heterocycles. The molecule has 2 N–H and O–H groups in total. The first-order valence-electron chi connectivity index (χ1n) is 7.97. The van der Waals surface area contributed by atoms with Gasteiger partial charge in [-0.3, -0.25) is 4.79 Å². The molecule has 0 aliphatic heterocycles. The Morgan fingerprint density at radius 3 is 2.20 bits per heavy atom. The molecule has 5 nitrogen and oxygen atoms in total. The lowest BCUT2D eigenvalue weighted by Gasteiger charge is -2.33. The predicted molar refractivity (Wildman–Crippen MR) is 93.6 cm³/mol. The fourth-order valence-electron chi connectivity index (χ4n) is 2.65. The molecule has 0 saturated heterocycles. The van der Waals surface area contributed by atoms with Gasteiger partial charge in [0.05, 0.1) is 6.42 Å². The zero-order chi connectivity index (χ0) is 17.5. The summed E-state index contributed by atoms with van der Waals surface area (Å²) >= 11 is 0. The Hall–Kier alpha value is -3.21. The lowest BCUT2D eigenvalue weighted by molar-refractivity contribution is -0.160. The normalized spacial score (nSPS) is 13.0. The lowest BCUT2D eigenvalue weighted by atomic mass is 10.0. The summed E-state index contributed by atoms with van der Waals surface area (Å²) in [6, 6.07) is 22.2. The van der Waals surface area contributed by atoms with E-state index in [1.165, 1.54) is 0 Å². The van der Waals surface area contributed by atoms with Gasteiger partial charge in [0.15, 0.2) is 5.88 Å². The van der Waals surface area contributed by atoms with Crippen molar-refractivity contribution in [3.63, 3.8) is 0 Å². The minimum absolute atomic E-state index is 0.286. The summed E-state index contributed by atoms with van der Waals surface area (Å²) in [4.78, 5) is 14.5. The Labute approximate surface area is 145 Å². The molecular weight excluding hydrogens is 318 g/mol. The molecule has 0 bridgehead atoms. The number of benzene rings is 2. The molecule has 0 radical (unpaired) electrons. The molecule has 0 fully saturated rings. The average Bonchev–Trinajstić information content (AvgIpc) is 3.08. The Morgan fingerprint density at radius 2 is 1.60 bits per heavy atom. The fraction of sp³-hybridized carbons (Fsp3) is 0.150. The second kappa shape index (κ2) is 7.57. The van der Waals surface area contributed by atoms with Gasteiger partial charge in [-0.1, -0.05) is 48.5 Å². The summed E-state index contributed by atoms with van der Waals surface area (Å²) in [5.41, 5.74) is 0.922. The number of carbonyl (C=O) groups is 1. The van der Waals surface area contributed by atoms with Gasteiger partial charge in [0.2, 0.25) is 0 Å². The molecule has 0 aliphatic carbocycles. The zero-order valence-corrected chi connectivity index (χ0v) is 13.6. The van der Waals surface area contributed by atoms with Crippen molar-refractivity contribution in [3.8, 4) is 11.6 Å². The summed E-state index contributed by atoms with van der Waals surface area (Å²) in [6.45, 7) is 0. The number of carboxylic acid groups (broad SMARTS) is 1. The minimum Gasteiger partial charge on any atom is -0.481 e. The van der Waals surface area contributed by atoms with Crippen molar-refractivity contribution in [3.05, 3.63) is 84.6 Å². The minimum atomic E-state index is -1.38. The summed E-state index contributed by atoms with van der Waals surface area (Å²) in [6.07, 6.45) is 1.69. The van der Waals surface area contributed by atoms with Gasteiger partial charge < -0.3 is 19.6 Å². The molecule has 128 valence electrons. The van der Waals surface area contributed by atoms with Gasteiger partial charge in [0, 0.05) is 6.20 Å². The third kappa shape index (κ3) is 4.64. The number of nitrogens with one attached hydrogen (secondary N) is 1. The van der Waals surface area contributed by atoms with E-state index in [0.717, 1.165) is 5.56 Å². The van der Waals surface area contributed by atoms with Crippen LogP contribution < -0.4 is 9.47 Å². The number of rotatable bonds is 8. The summed E-state index contributed by atoms with van der Waals surface area (Å²) in [5, 5.41) is 9.46. The van der Waals surface area contributed by atoms with E-state index in [-0.39, 0.29) is 12.8 Å². The fourth-order valence-corrected chi connectivity index (χ4v) is 2.65. The maximum absolute atomic E-state index is 11.6. The molecule has 2 aromatic carbocycles. The number of H-pyrrole nitrogens is 1. The highest BCUT2D eigenvalue weighted by Crippen LogP contribution is 2.28. The van der Waals surface area contributed by atoms with Crippen molar-refractivity contribution in [2.75, 3.05) is 0 Å². The van der Waals surface area contributed by atoms with Crippen LogP contribution in [-0.2, 0) is 11.2 Å². The van der Waals surface area contributed by atoms with Crippen LogP contribution in [0.5, 0.6) is 11.6 Å². The maximum Gasteiger partial charge on any atom is 0.311 e. The van der Waals surface area contributed by atoms with Crippen molar-refractivity contribution in [1.82, 2.24) is 4.98 Å². The van der Waals surface area contributed by atoms with Gasteiger partial charge in [-0.15, -0.1) is 0 Å². The molecule has 1 unspecified atom stereocenters. The van der Waals surface area contributed by atoms with Crippen LogP contribution in [0.15, 0.2) is 79.0 Å². The first kappa shape index (κ1) is 16.6. The number of para-hydroxylation sites is 1. The first-order chi connectivity index (χ1) is 12.2. The smallest absolute Gasteiger partial charge is 0.311 e. The van der Waals surface area contributed by atoms with E-state index in [1.54, 1.807) is 30.5 Å². The largest absolute Gasteiger partial charge is 0.481 e. The number of hydrogen-bond acceptors (Lipinski definition) is 3. The third-order valence-electron chi connectivity index (χ3n) is 3.65. The van der Waals surface area contributed by atoms with Crippen LogP contribution in [0, 0.1) is 0 Å². The highest BCUT2D eigenvalue weighted by Gasteiger charge is 2.39. The number of ether oxygens (including phenoxy) is 2. The number of aromatic nitrogens is 1. The van der Waals surface area contributed by atoms with Gasteiger partial charge in [-0.05, 0) is 29.8 Å². The number of hydrogen-bond donors (Lipinski definition) is 2. The van der Waals surface area contributed by atoms with Crippen molar-refractivity contribution < 1.29 is 19.4 Å². The molecule has 1 atom stereocenters. The van der Waals surface area contributed by atoms with Crippen molar-refractivity contribution >= 4 is 5.97 Å². The van der Waals surface area contributed by atoms with E-state index in [1.807, 2.05) is 48.5 Å². The highest BCUT2D eigenvalue weighted by molar-refractivity contribution is 5.68. The van der Waals surface area contributed by atoms with Crippen LogP contribution in [-0.4, -0.2) is 21.8 Å². The van der Waals surface area contributed by atoms with Crippen LogP contribution in [0.4, 0.5) is 0 Å². The Morgan fingerprint density at radius 1 is 0.920 bits per heavy atom. The molecule has 5 heteroatoms. The van der Waals surface area contributed by atoms with E-state index in [9.17, 15) is 9.90 Å². The van der Waals surface area contributed by atoms with Crippen LogP contribution in [0.2, 0.25) is 0 Å². The summed E-state index contributed by atoms with van der Waals surface area (Å²) < 4.78 is 12.1. The van der Waals surface area contributed by atoms with Gasteiger partial charge in [-0.2, -0.15) is 0 Å². The Bertz CT molecular complexity index is 744. The standard InChI is InChI=1S/C20H19NO4/c22-19(23)15-20(25-18-12-7-13-21-18,14-16-8-3-1-4-9-16)24-17-10-5-2-6-11-17/h1-13,21H,14-15H2,(H,22,23). The molecule has 0 saturated carbocycles. The van der Waals surface area contributed by atoms with Crippen molar-refractivity contribution in [2.24, 2.45) is 0 Å². The monoisotopic (exact) mass is 337 g/mol. The quantitative estimate of drug-likeness (QED) is 0.612. The van der Waals surface area contributed by atoms with Crippen LogP contribution in [0.25, 0.3) is 0 Å². The average molecular weight is 337 g/mol. The molecular formula is C20H19NO4. The van der Waals surface area contributed by atoms with Gasteiger partial charge in [0.1, 0.15) is 12.2 Å².